The molecule has 2 heterocycles. The number of piperidine rings is 1. The van der Waals surface area contributed by atoms with E-state index < -0.39 is 0 Å². The highest BCUT2D eigenvalue weighted by Gasteiger charge is 2.36. The summed E-state index contributed by atoms with van der Waals surface area (Å²) >= 11 is 0. The molecule has 146 valence electrons. The molecule has 1 aliphatic carbocycles. The lowest BCUT2D eigenvalue weighted by Gasteiger charge is -2.36. The van der Waals surface area contributed by atoms with Gasteiger partial charge in [-0.05, 0) is 31.2 Å². The van der Waals surface area contributed by atoms with Crippen LogP contribution in [0.2, 0.25) is 0 Å². The molecular formula is C21H30N4O2. The molecule has 4 amide bonds. The number of nitrogens with zero attached hydrogens (tertiary/aromatic N) is 3. The maximum Gasteiger partial charge on any atom is 0.320 e. The summed E-state index contributed by atoms with van der Waals surface area (Å²) in [5.41, 5.74) is 1.17. The van der Waals surface area contributed by atoms with Crippen molar-refractivity contribution in [1.82, 2.24) is 20.0 Å². The average molecular weight is 370 g/mol. The first kappa shape index (κ1) is 18.1. The minimum atomic E-state index is 0.0822. The van der Waals surface area contributed by atoms with Gasteiger partial charge >= 0.3 is 12.1 Å². The molecule has 0 unspecified atom stereocenters. The van der Waals surface area contributed by atoms with E-state index in [1.165, 1.54) is 18.4 Å². The highest BCUT2D eigenvalue weighted by atomic mass is 16.2. The maximum atomic E-state index is 12.8. The second-order valence-corrected chi connectivity index (χ2v) is 8.03. The van der Waals surface area contributed by atoms with Crippen molar-refractivity contribution in [3.63, 3.8) is 0 Å². The third-order valence-electron chi connectivity index (χ3n) is 6.22. The Kier molecular flexibility index (Phi) is 5.50. The highest BCUT2D eigenvalue weighted by molar-refractivity contribution is 5.77. The Balaban J connectivity index is 1.26. The lowest BCUT2D eigenvalue weighted by atomic mass is 10.0. The van der Waals surface area contributed by atoms with Crippen LogP contribution in [0.1, 0.15) is 44.1 Å². The van der Waals surface area contributed by atoms with E-state index in [-0.39, 0.29) is 18.1 Å². The first-order valence-electron chi connectivity index (χ1n) is 10.4. The summed E-state index contributed by atoms with van der Waals surface area (Å²) < 4.78 is 0. The molecule has 0 aromatic heterocycles. The Morgan fingerprint density at radius 3 is 2.37 bits per heavy atom. The normalized spacial score (nSPS) is 21.9. The van der Waals surface area contributed by atoms with Gasteiger partial charge in [-0.2, -0.15) is 0 Å². The molecule has 0 atom stereocenters. The van der Waals surface area contributed by atoms with Gasteiger partial charge in [0.15, 0.2) is 0 Å². The SMILES string of the molecule is O=C(NC1CCCC1)N1CCC(N2CCN(Cc3ccccc3)C2=O)CC1. The quantitative estimate of drug-likeness (QED) is 0.886. The van der Waals surface area contributed by atoms with Crippen LogP contribution in [0.25, 0.3) is 0 Å². The van der Waals surface area contributed by atoms with Gasteiger partial charge in [0.25, 0.3) is 0 Å². The predicted molar refractivity (Wildman–Crippen MR) is 104 cm³/mol. The van der Waals surface area contributed by atoms with E-state index in [1.807, 2.05) is 32.9 Å². The van der Waals surface area contributed by atoms with Gasteiger partial charge in [-0.3, -0.25) is 0 Å². The number of rotatable bonds is 4. The molecule has 6 nitrogen and oxygen atoms in total. The molecule has 0 spiro atoms. The zero-order valence-corrected chi connectivity index (χ0v) is 16.0. The summed E-state index contributed by atoms with van der Waals surface area (Å²) in [7, 11) is 0. The molecule has 1 aromatic rings. The van der Waals surface area contributed by atoms with E-state index in [0.717, 1.165) is 51.9 Å². The number of hydrogen-bond donors (Lipinski definition) is 1. The fourth-order valence-corrected chi connectivity index (χ4v) is 4.61. The Bertz CT molecular complexity index is 651. The molecule has 27 heavy (non-hydrogen) atoms. The van der Waals surface area contributed by atoms with Crippen LogP contribution in [-0.2, 0) is 6.54 Å². The second-order valence-electron chi connectivity index (χ2n) is 8.03. The number of carbonyl (C=O) groups is 2. The number of amides is 4. The van der Waals surface area contributed by atoms with Crippen LogP contribution in [0.15, 0.2) is 30.3 Å². The zero-order chi connectivity index (χ0) is 18.6. The number of urea groups is 2. The Labute approximate surface area is 161 Å². The second kappa shape index (κ2) is 8.19. The van der Waals surface area contributed by atoms with Crippen LogP contribution in [0.3, 0.4) is 0 Å². The van der Waals surface area contributed by atoms with Gasteiger partial charge in [-0.25, -0.2) is 9.59 Å². The van der Waals surface area contributed by atoms with E-state index >= 15 is 0 Å². The largest absolute Gasteiger partial charge is 0.335 e. The van der Waals surface area contributed by atoms with Gasteiger partial charge < -0.3 is 20.0 Å². The number of nitrogens with one attached hydrogen (secondary N) is 1. The van der Waals surface area contributed by atoms with E-state index in [4.69, 9.17) is 0 Å². The minimum absolute atomic E-state index is 0.0822. The molecule has 4 rings (SSSR count). The molecule has 0 radical (unpaired) electrons. The Hall–Kier alpha value is -2.24. The standard InChI is InChI=1S/C21H30N4O2/c26-20(22-18-8-4-5-9-18)23-12-10-19(11-13-23)25-15-14-24(21(25)27)16-17-6-2-1-3-7-17/h1-3,6-7,18-19H,4-5,8-16H2,(H,22,26). The van der Waals surface area contributed by atoms with Crippen molar-refractivity contribution >= 4 is 12.1 Å². The van der Waals surface area contributed by atoms with Crippen LogP contribution >= 0.6 is 0 Å². The molecule has 3 aliphatic rings. The van der Waals surface area contributed by atoms with Crippen LogP contribution in [0.4, 0.5) is 9.59 Å². The first-order valence-corrected chi connectivity index (χ1v) is 10.4. The van der Waals surface area contributed by atoms with Crippen LogP contribution in [0.5, 0.6) is 0 Å². The lowest BCUT2D eigenvalue weighted by Crippen LogP contribution is -2.51. The molecule has 1 saturated carbocycles. The molecule has 1 N–H and O–H groups in total. The minimum Gasteiger partial charge on any atom is -0.335 e. The number of benzene rings is 1. The van der Waals surface area contributed by atoms with Crippen molar-refractivity contribution < 1.29 is 9.59 Å². The van der Waals surface area contributed by atoms with E-state index in [0.29, 0.717) is 12.6 Å². The van der Waals surface area contributed by atoms with Gasteiger partial charge in [0.1, 0.15) is 0 Å². The third kappa shape index (κ3) is 4.20. The van der Waals surface area contributed by atoms with Gasteiger partial charge in [0, 0.05) is 44.8 Å². The van der Waals surface area contributed by atoms with Gasteiger partial charge in [0.2, 0.25) is 0 Å². The summed E-state index contributed by atoms with van der Waals surface area (Å²) in [6.07, 6.45) is 6.43. The fourth-order valence-electron chi connectivity index (χ4n) is 4.61. The zero-order valence-electron chi connectivity index (χ0n) is 16.0. The molecule has 0 bridgehead atoms. The summed E-state index contributed by atoms with van der Waals surface area (Å²) in [4.78, 5) is 31.1. The van der Waals surface area contributed by atoms with Crippen molar-refractivity contribution in [1.29, 1.82) is 0 Å². The first-order chi connectivity index (χ1) is 13.2. The van der Waals surface area contributed by atoms with Crippen molar-refractivity contribution in [2.75, 3.05) is 26.2 Å². The van der Waals surface area contributed by atoms with Crippen LogP contribution < -0.4 is 5.32 Å². The van der Waals surface area contributed by atoms with Crippen LogP contribution in [-0.4, -0.2) is 65.0 Å². The highest BCUT2D eigenvalue weighted by Crippen LogP contribution is 2.23. The van der Waals surface area contributed by atoms with Gasteiger partial charge in [0.05, 0.1) is 0 Å². The fraction of sp³-hybridized carbons (Fsp3) is 0.619. The molecule has 6 heteroatoms. The third-order valence-corrected chi connectivity index (χ3v) is 6.22. The van der Waals surface area contributed by atoms with E-state index in [1.54, 1.807) is 0 Å². The van der Waals surface area contributed by atoms with Crippen molar-refractivity contribution in [3.8, 4) is 0 Å². The molecule has 2 saturated heterocycles. The molecule has 2 aliphatic heterocycles. The summed E-state index contributed by atoms with van der Waals surface area (Å²) in [5, 5.41) is 3.17. The monoisotopic (exact) mass is 370 g/mol. The summed E-state index contributed by atoms with van der Waals surface area (Å²) in [6, 6.07) is 11.0. The summed E-state index contributed by atoms with van der Waals surface area (Å²) in [6.45, 7) is 3.75. The summed E-state index contributed by atoms with van der Waals surface area (Å²) in [5.74, 6) is 0. The average Bonchev–Trinajstić information content (AvgIpc) is 3.33. The van der Waals surface area contributed by atoms with Crippen molar-refractivity contribution in [2.45, 2.75) is 57.2 Å². The number of hydrogen-bond acceptors (Lipinski definition) is 2. The predicted octanol–water partition coefficient (Wildman–Crippen LogP) is 3.04. The number of carbonyl (C=O) groups excluding carboxylic acids is 2. The lowest BCUT2D eigenvalue weighted by molar-refractivity contribution is 0.133. The van der Waals surface area contributed by atoms with Gasteiger partial charge in [-0.15, -0.1) is 0 Å². The molecule has 3 fully saturated rings. The van der Waals surface area contributed by atoms with Crippen LogP contribution in [0, 0.1) is 0 Å². The van der Waals surface area contributed by atoms with E-state index in [9.17, 15) is 9.59 Å². The molecule has 1 aromatic carbocycles. The number of likely N-dealkylation sites (tertiary alicyclic amines) is 1. The van der Waals surface area contributed by atoms with Crippen molar-refractivity contribution in [2.24, 2.45) is 0 Å². The molecular weight excluding hydrogens is 340 g/mol. The smallest absolute Gasteiger partial charge is 0.320 e. The van der Waals surface area contributed by atoms with Gasteiger partial charge in [-0.1, -0.05) is 43.2 Å². The van der Waals surface area contributed by atoms with E-state index in [2.05, 4.69) is 17.4 Å². The van der Waals surface area contributed by atoms with Crippen molar-refractivity contribution in [3.05, 3.63) is 35.9 Å². The Morgan fingerprint density at radius 1 is 0.963 bits per heavy atom. The Morgan fingerprint density at radius 2 is 1.67 bits per heavy atom. The topological polar surface area (TPSA) is 55.9 Å². The maximum absolute atomic E-state index is 12.8.